The van der Waals surface area contributed by atoms with Gasteiger partial charge in [-0.2, -0.15) is 11.8 Å². The van der Waals surface area contributed by atoms with Gasteiger partial charge in [0.05, 0.1) is 5.52 Å². The fourth-order valence-electron chi connectivity index (χ4n) is 2.99. The van der Waals surface area contributed by atoms with Crippen LogP contribution in [0.2, 0.25) is 0 Å². The average molecular weight is 302 g/mol. The number of hydrogen-bond donors (Lipinski definition) is 1. The number of thioether (sulfide) groups is 1. The van der Waals surface area contributed by atoms with E-state index in [0.29, 0.717) is 11.9 Å². The van der Waals surface area contributed by atoms with Crippen molar-refractivity contribution >= 4 is 34.3 Å². The second kappa shape index (κ2) is 5.72. The van der Waals surface area contributed by atoms with Gasteiger partial charge in [0, 0.05) is 36.3 Å². The van der Waals surface area contributed by atoms with Crippen molar-refractivity contribution in [2.45, 2.75) is 19.8 Å². The molecule has 0 radical (unpaired) electrons. The van der Waals surface area contributed by atoms with Gasteiger partial charge in [-0.1, -0.05) is 19.9 Å². The van der Waals surface area contributed by atoms with E-state index in [2.05, 4.69) is 47.1 Å². The highest BCUT2D eigenvalue weighted by Crippen LogP contribution is 2.35. The smallest absolute Gasteiger partial charge is 0.220 e. The number of benzene rings is 1. The van der Waals surface area contributed by atoms with Crippen molar-refractivity contribution in [1.82, 2.24) is 9.97 Å². The molecule has 0 spiro atoms. The molecule has 1 aliphatic heterocycles. The van der Waals surface area contributed by atoms with Gasteiger partial charge in [-0.25, -0.2) is 9.97 Å². The van der Waals surface area contributed by atoms with Gasteiger partial charge in [-0.15, -0.1) is 0 Å². The predicted molar refractivity (Wildman–Crippen MR) is 92.1 cm³/mol. The molecule has 1 aliphatic rings. The second-order valence-corrected chi connectivity index (χ2v) is 6.96. The Hall–Kier alpha value is -1.49. The lowest BCUT2D eigenvalue weighted by Crippen LogP contribution is -2.48. The Morgan fingerprint density at radius 3 is 2.81 bits per heavy atom. The summed E-state index contributed by atoms with van der Waals surface area (Å²) >= 11 is 1.93. The quantitative estimate of drug-likeness (QED) is 0.940. The van der Waals surface area contributed by atoms with Gasteiger partial charge in [-0.05, 0) is 29.6 Å². The molecule has 0 saturated carbocycles. The minimum atomic E-state index is 0.352. The number of nitrogen functional groups attached to an aromatic ring is 1. The van der Waals surface area contributed by atoms with Crippen molar-refractivity contribution in [3.63, 3.8) is 0 Å². The Morgan fingerprint density at radius 1 is 1.38 bits per heavy atom. The van der Waals surface area contributed by atoms with E-state index >= 15 is 0 Å². The summed E-state index contributed by atoms with van der Waals surface area (Å²) in [5.74, 6) is 2.82. The third kappa shape index (κ3) is 2.67. The number of aromatic nitrogens is 2. The lowest BCUT2D eigenvalue weighted by Gasteiger charge is -2.41. The minimum absolute atomic E-state index is 0.352. The van der Waals surface area contributed by atoms with Crippen LogP contribution in [0.4, 0.5) is 11.6 Å². The summed E-state index contributed by atoms with van der Waals surface area (Å²) in [5.41, 5.74) is 9.27. The number of fused-ring (bicyclic) bond motifs is 1. The summed E-state index contributed by atoms with van der Waals surface area (Å²) in [6.07, 6.45) is 4.05. The molecule has 3 rings (SSSR count). The summed E-state index contributed by atoms with van der Waals surface area (Å²) in [6, 6.07) is 4.41. The lowest BCUT2D eigenvalue weighted by molar-refractivity contribution is 0.456. The van der Waals surface area contributed by atoms with Crippen LogP contribution in [0.25, 0.3) is 10.9 Å². The van der Waals surface area contributed by atoms with Crippen LogP contribution in [0, 0.1) is 5.92 Å². The van der Waals surface area contributed by atoms with Gasteiger partial charge in [0.25, 0.3) is 0 Å². The second-order valence-electron chi connectivity index (χ2n) is 6.05. The summed E-state index contributed by atoms with van der Waals surface area (Å²) in [7, 11) is 0. The van der Waals surface area contributed by atoms with Gasteiger partial charge in [0.2, 0.25) is 5.95 Å². The zero-order valence-corrected chi connectivity index (χ0v) is 13.7. The summed E-state index contributed by atoms with van der Waals surface area (Å²) in [4.78, 5) is 11.1. The number of rotatable bonds is 4. The average Bonchev–Trinajstić information content (AvgIpc) is 2.41. The molecule has 0 atom stereocenters. The SMILES string of the molecule is CSCC1CN(c2ccc(C(C)C)c3nc(N)ncc23)C1. The third-order valence-electron chi connectivity index (χ3n) is 4.10. The van der Waals surface area contributed by atoms with E-state index in [-0.39, 0.29) is 0 Å². The van der Waals surface area contributed by atoms with Crippen LogP contribution < -0.4 is 10.6 Å². The Kier molecular flexibility index (Phi) is 3.93. The molecule has 0 bridgehead atoms. The molecule has 1 fully saturated rings. The predicted octanol–water partition coefficient (Wildman–Crippen LogP) is 3.13. The molecule has 0 aliphatic carbocycles. The van der Waals surface area contributed by atoms with Gasteiger partial charge in [0.15, 0.2) is 0 Å². The molecule has 1 aromatic carbocycles. The first-order chi connectivity index (χ1) is 10.1. The normalized spacial score (nSPS) is 15.7. The Labute approximate surface area is 130 Å². The molecule has 2 aromatic rings. The van der Waals surface area contributed by atoms with Crippen LogP contribution in [0.3, 0.4) is 0 Å². The summed E-state index contributed by atoms with van der Waals surface area (Å²) < 4.78 is 0. The molecular formula is C16H22N4S. The summed E-state index contributed by atoms with van der Waals surface area (Å²) in [6.45, 7) is 6.62. The van der Waals surface area contributed by atoms with E-state index in [9.17, 15) is 0 Å². The van der Waals surface area contributed by atoms with Crippen molar-refractivity contribution in [2.75, 3.05) is 35.7 Å². The Balaban J connectivity index is 1.99. The maximum atomic E-state index is 5.79. The highest BCUT2D eigenvalue weighted by molar-refractivity contribution is 7.98. The van der Waals surface area contributed by atoms with Crippen LogP contribution in [0.5, 0.6) is 0 Å². The van der Waals surface area contributed by atoms with Crippen LogP contribution >= 0.6 is 11.8 Å². The first-order valence-electron chi connectivity index (χ1n) is 7.39. The van der Waals surface area contributed by atoms with E-state index in [0.717, 1.165) is 29.9 Å². The fraction of sp³-hybridized carbons (Fsp3) is 0.500. The topological polar surface area (TPSA) is 55.0 Å². The van der Waals surface area contributed by atoms with Crippen molar-refractivity contribution in [3.05, 3.63) is 23.9 Å². The first-order valence-corrected chi connectivity index (χ1v) is 8.78. The Bertz CT molecular complexity index is 650. The van der Waals surface area contributed by atoms with E-state index in [1.54, 1.807) is 0 Å². The monoisotopic (exact) mass is 302 g/mol. The van der Waals surface area contributed by atoms with E-state index in [4.69, 9.17) is 5.73 Å². The molecule has 4 nitrogen and oxygen atoms in total. The molecule has 2 heterocycles. The highest BCUT2D eigenvalue weighted by Gasteiger charge is 2.28. The number of hydrogen-bond acceptors (Lipinski definition) is 5. The largest absolute Gasteiger partial charge is 0.370 e. The van der Waals surface area contributed by atoms with Gasteiger partial charge in [0.1, 0.15) is 0 Å². The number of nitrogens with zero attached hydrogens (tertiary/aromatic N) is 3. The molecular weight excluding hydrogens is 280 g/mol. The molecule has 21 heavy (non-hydrogen) atoms. The molecule has 5 heteroatoms. The molecule has 1 saturated heterocycles. The van der Waals surface area contributed by atoms with Crippen LogP contribution in [0.15, 0.2) is 18.3 Å². The first kappa shape index (κ1) is 14.4. The third-order valence-corrected chi connectivity index (χ3v) is 4.90. The highest BCUT2D eigenvalue weighted by atomic mass is 32.2. The van der Waals surface area contributed by atoms with Crippen molar-refractivity contribution in [3.8, 4) is 0 Å². The Morgan fingerprint density at radius 2 is 2.14 bits per heavy atom. The molecule has 112 valence electrons. The zero-order chi connectivity index (χ0) is 15.0. The van der Waals surface area contributed by atoms with Crippen LogP contribution in [-0.4, -0.2) is 35.1 Å². The van der Waals surface area contributed by atoms with Crippen LogP contribution in [0.1, 0.15) is 25.3 Å². The number of anilines is 2. The molecule has 0 unspecified atom stereocenters. The fourth-order valence-corrected chi connectivity index (χ4v) is 3.67. The molecule has 0 amide bonds. The van der Waals surface area contributed by atoms with Gasteiger partial charge >= 0.3 is 0 Å². The van der Waals surface area contributed by atoms with E-state index in [1.165, 1.54) is 17.0 Å². The van der Waals surface area contributed by atoms with E-state index in [1.807, 2.05) is 18.0 Å². The minimum Gasteiger partial charge on any atom is -0.370 e. The molecule has 2 N–H and O–H groups in total. The van der Waals surface area contributed by atoms with E-state index < -0.39 is 0 Å². The van der Waals surface area contributed by atoms with Crippen molar-refractivity contribution < 1.29 is 0 Å². The van der Waals surface area contributed by atoms with Crippen molar-refractivity contribution in [2.24, 2.45) is 5.92 Å². The lowest BCUT2D eigenvalue weighted by atomic mass is 9.96. The maximum absolute atomic E-state index is 5.79. The zero-order valence-electron chi connectivity index (χ0n) is 12.8. The van der Waals surface area contributed by atoms with Crippen LogP contribution in [-0.2, 0) is 0 Å². The molecule has 1 aromatic heterocycles. The summed E-state index contributed by atoms with van der Waals surface area (Å²) in [5, 5.41) is 1.12. The standard InChI is InChI=1S/C16H22N4S/c1-10(2)12-4-5-14(20-7-11(8-20)9-21-3)13-6-18-16(17)19-15(12)13/h4-6,10-11H,7-9H2,1-3H3,(H2,17,18,19). The number of nitrogens with two attached hydrogens (primary N) is 1. The maximum Gasteiger partial charge on any atom is 0.220 e. The van der Waals surface area contributed by atoms with Gasteiger partial charge in [-0.3, -0.25) is 0 Å². The van der Waals surface area contributed by atoms with Crippen molar-refractivity contribution in [1.29, 1.82) is 0 Å². The van der Waals surface area contributed by atoms with Gasteiger partial charge < -0.3 is 10.6 Å².